The zero-order chi connectivity index (χ0) is 13.0. The van der Waals surface area contributed by atoms with Crippen LogP contribution in [0.4, 0.5) is 0 Å². The van der Waals surface area contributed by atoms with Gasteiger partial charge in [0.1, 0.15) is 5.82 Å². The quantitative estimate of drug-likeness (QED) is 0.896. The molecule has 2 aromatic rings. The Balaban J connectivity index is 2.27. The largest absolute Gasteiger partial charge is 0.396 e. The minimum Gasteiger partial charge on any atom is -0.396 e. The molecule has 0 aliphatic heterocycles. The summed E-state index contributed by atoms with van der Waals surface area (Å²) in [4.78, 5) is 8.57. The number of nitrogens with zero attached hydrogens (tertiary/aromatic N) is 2. The third kappa shape index (κ3) is 2.93. The van der Waals surface area contributed by atoms with Crippen molar-refractivity contribution in [3.8, 4) is 11.3 Å². The van der Waals surface area contributed by atoms with Crippen molar-refractivity contribution in [3.05, 3.63) is 47.9 Å². The van der Waals surface area contributed by atoms with Crippen molar-refractivity contribution in [3.63, 3.8) is 0 Å². The van der Waals surface area contributed by atoms with Gasteiger partial charge in [0, 0.05) is 18.2 Å². The van der Waals surface area contributed by atoms with E-state index in [4.69, 9.17) is 5.11 Å². The van der Waals surface area contributed by atoms with Gasteiger partial charge in [0.05, 0.1) is 12.3 Å². The first-order valence-electron chi connectivity index (χ1n) is 6.24. The van der Waals surface area contributed by atoms with Crippen LogP contribution in [0.15, 0.2) is 36.5 Å². The minimum atomic E-state index is 0.0791. The van der Waals surface area contributed by atoms with Crippen LogP contribution >= 0.6 is 0 Å². The smallest absolute Gasteiger partial charge is 0.131 e. The molecule has 1 aromatic heterocycles. The van der Waals surface area contributed by atoms with E-state index in [0.717, 1.165) is 11.3 Å². The van der Waals surface area contributed by atoms with E-state index in [1.807, 2.05) is 6.07 Å². The summed E-state index contributed by atoms with van der Waals surface area (Å²) in [5.74, 6) is 1.22. The molecule has 1 aromatic carbocycles. The van der Waals surface area contributed by atoms with Gasteiger partial charge in [-0.15, -0.1) is 0 Å². The van der Waals surface area contributed by atoms with Crippen LogP contribution in [0.3, 0.4) is 0 Å². The van der Waals surface area contributed by atoms with E-state index in [1.54, 1.807) is 6.20 Å². The number of aliphatic hydroxyl groups is 1. The van der Waals surface area contributed by atoms with Crippen molar-refractivity contribution in [2.75, 3.05) is 6.61 Å². The van der Waals surface area contributed by atoms with Gasteiger partial charge in [0.25, 0.3) is 0 Å². The van der Waals surface area contributed by atoms with Gasteiger partial charge in [-0.3, -0.25) is 0 Å². The van der Waals surface area contributed by atoms with E-state index in [0.29, 0.717) is 18.2 Å². The summed E-state index contributed by atoms with van der Waals surface area (Å²) in [6.45, 7) is 4.44. The number of aliphatic hydroxyl groups excluding tert-OH is 1. The molecule has 0 amide bonds. The molecule has 0 radical (unpaired) electrons. The van der Waals surface area contributed by atoms with E-state index in [-0.39, 0.29) is 6.61 Å². The van der Waals surface area contributed by atoms with Crippen LogP contribution in [0.1, 0.15) is 31.2 Å². The van der Waals surface area contributed by atoms with E-state index in [1.165, 1.54) is 5.56 Å². The third-order valence-electron chi connectivity index (χ3n) is 2.91. The van der Waals surface area contributed by atoms with Gasteiger partial charge in [-0.2, -0.15) is 0 Å². The van der Waals surface area contributed by atoms with Crippen LogP contribution in [0.25, 0.3) is 11.3 Å². The molecule has 1 N–H and O–H groups in total. The normalized spacial score (nSPS) is 10.9. The summed E-state index contributed by atoms with van der Waals surface area (Å²) in [6.07, 6.45) is 2.24. The average molecular weight is 242 g/mol. The zero-order valence-corrected chi connectivity index (χ0v) is 10.8. The Bertz CT molecular complexity index is 506. The molecule has 18 heavy (non-hydrogen) atoms. The first-order chi connectivity index (χ1) is 8.70. The summed E-state index contributed by atoms with van der Waals surface area (Å²) >= 11 is 0. The molecule has 0 aliphatic rings. The Morgan fingerprint density at radius 1 is 1.11 bits per heavy atom. The van der Waals surface area contributed by atoms with Crippen molar-refractivity contribution >= 4 is 0 Å². The van der Waals surface area contributed by atoms with E-state index >= 15 is 0 Å². The minimum absolute atomic E-state index is 0.0791. The molecular weight excluding hydrogens is 224 g/mol. The summed E-state index contributed by atoms with van der Waals surface area (Å²) in [5.41, 5.74) is 3.31. The average Bonchev–Trinajstić information content (AvgIpc) is 2.39. The first kappa shape index (κ1) is 12.7. The molecule has 0 saturated carbocycles. The van der Waals surface area contributed by atoms with Gasteiger partial charge in [-0.1, -0.05) is 38.1 Å². The summed E-state index contributed by atoms with van der Waals surface area (Å²) in [5, 5.41) is 8.90. The molecule has 3 nitrogen and oxygen atoms in total. The highest BCUT2D eigenvalue weighted by atomic mass is 16.3. The number of rotatable bonds is 4. The fraction of sp³-hybridized carbons (Fsp3) is 0.333. The fourth-order valence-electron chi connectivity index (χ4n) is 1.82. The van der Waals surface area contributed by atoms with E-state index < -0.39 is 0 Å². The lowest BCUT2D eigenvalue weighted by Crippen LogP contribution is -1.99. The summed E-state index contributed by atoms with van der Waals surface area (Å²) < 4.78 is 0. The van der Waals surface area contributed by atoms with Gasteiger partial charge in [-0.25, -0.2) is 9.97 Å². The van der Waals surface area contributed by atoms with Gasteiger partial charge >= 0.3 is 0 Å². The lowest BCUT2D eigenvalue weighted by Gasteiger charge is -2.07. The lowest BCUT2D eigenvalue weighted by atomic mass is 10.0. The number of aromatic nitrogens is 2. The molecule has 0 fully saturated rings. The molecule has 1 heterocycles. The predicted molar refractivity (Wildman–Crippen MR) is 72.3 cm³/mol. The summed E-state index contributed by atoms with van der Waals surface area (Å²) in [6, 6.07) is 10.3. The van der Waals surface area contributed by atoms with Crippen molar-refractivity contribution in [1.82, 2.24) is 9.97 Å². The Hall–Kier alpha value is -1.74. The van der Waals surface area contributed by atoms with Crippen LogP contribution in [-0.2, 0) is 6.42 Å². The maximum atomic E-state index is 8.90. The van der Waals surface area contributed by atoms with Crippen molar-refractivity contribution in [2.45, 2.75) is 26.2 Å². The molecule has 94 valence electrons. The molecular formula is C15H18N2O. The molecule has 2 rings (SSSR count). The number of hydrogen-bond acceptors (Lipinski definition) is 3. The number of benzene rings is 1. The van der Waals surface area contributed by atoms with Crippen LogP contribution in [-0.4, -0.2) is 21.7 Å². The molecule has 3 heteroatoms. The maximum absolute atomic E-state index is 8.90. The van der Waals surface area contributed by atoms with Crippen molar-refractivity contribution < 1.29 is 5.11 Å². The first-order valence-corrected chi connectivity index (χ1v) is 6.24. The van der Waals surface area contributed by atoms with Crippen molar-refractivity contribution in [2.24, 2.45) is 0 Å². The van der Waals surface area contributed by atoms with Crippen LogP contribution in [0, 0.1) is 0 Å². The highest BCUT2D eigenvalue weighted by Crippen LogP contribution is 2.20. The maximum Gasteiger partial charge on any atom is 0.131 e. The highest BCUT2D eigenvalue weighted by molar-refractivity contribution is 5.59. The predicted octanol–water partition coefficient (Wildman–Crippen LogP) is 2.80. The Morgan fingerprint density at radius 2 is 1.83 bits per heavy atom. The monoisotopic (exact) mass is 242 g/mol. The molecule has 0 bridgehead atoms. The van der Waals surface area contributed by atoms with Gasteiger partial charge < -0.3 is 5.11 Å². The Labute approximate surface area is 108 Å². The number of hydrogen-bond donors (Lipinski definition) is 1. The molecule has 0 spiro atoms. The van der Waals surface area contributed by atoms with Crippen LogP contribution in [0.5, 0.6) is 0 Å². The van der Waals surface area contributed by atoms with Gasteiger partial charge in [-0.05, 0) is 17.5 Å². The van der Waals surface area contributed by atoms with E-state index in [9.17, 15) is 0 Å². The molecule has 0 atom stereocenters. The highest BCUT2D eigenvalue weighted by Gasteiger charge is 2.03. The Kier molecular flexibility index (Phi) is 4.05. The van der Waals surface area contributed by atoms with Gasteiger partial charge in [0.15, 0.2) is 0 Å². The third-order valence-corrected chi connectivity index (χ3v) is 2.91. The standard InChI is InChI=1S/C15H18N2O/c1-11(2)12-3-5-13(6-4-12)14-7-9-16-15(17-14)8-10-18/h3-7,9,11,18H,8,10H2,1-2H3. The van der Waals surface area contributed by atoms with Crippen LogP contribution in [0.2, 0.25) is 0 Å². The SMILES string of the molecule is CC(C)c1ccc(-c2ccnc(CCO)n2)cc1. The molecule has 0 saturated heterocycles. The van der Waals surface area contributed by atoms with E-state index in [2.05, 4.69) is 48.1 Å². The topological polar surface area (TPSA) is 46.0 Å². The second-order valence-corrected chi connectivity index (χ2v) is 4.61. The summed E-state index contributed by atoms with van der Waals surface area (Å²) in [7, 11) is 0. The van der Waals surface area contributed by atoms with Crippen LogP contribution < -0.4 is 0 Å². The second-order valence-electron chi connectivity index (χ2n) is 4.61. The second kappa shape index (κ2) is 5.74. The lowest BCUT2D eigenvalue weighted by molar-refractivity contribution is 0.296. The van der Waals surface area contributed by atoms with Gasteiger partial charge in [0.2, 0.25) is 0 Å². The molecule has 0 unspecified atom stereocenters. The zero-order valence-electron chi connectivity index (χ0n) is 10.8. The Morgan fingerprint density at radius 3 is 2.44 bits per heavy atom. The fourth-order valence-corrected chi connectivity index (χ4v) is 1.82. The van der Waals surface area contributed by atoms with Crippen molar-refractivity contribution in [1.29, 1.82) is 0 Å². The molecule has 0 aliphatic carbocycles.